The third kappa shape index (κ3) is 4.36. The van der Waals surface area contributed by atoms with Crippen LogP contribution in [0.2, 0.25) is 0 Å². The van der Waals surface area contributed by atoms with Crippen molar-refractivity contribution in [1.82, 2.24) is 0 Å². The Morgan fingerprint density at radius 1 is 0.892 bits per heavy atom. The van der Waals surface area contributed by atoms with Gasteiger partial charge in [0, 0.05) is 0 Å². The second-order valence-electron chi connectivity index (χ2n) is 13.4. The Kier molecular flexibility index (Phi) is 6.72. The van der Waals surface area contributed by atoms with Crippen molar-refractivity contribution < 1.29 is 5.11 Å². The monoisotopic (exact) mass is 494 g/mol. The van der Waals surface area contributed by atoms with Crippen LogP contribution in [0.15, 0.2) is 78.4 Å². The summed E-state index contributed by atoms with van der Waals surface area (Å²) in [7, 11) is 0. The average molecular weight is 495 g/mol. The van der Waals surface area contributed by atoms with Crippen LogP contribution in [0.4, 0.5) is 0 Å². The summed E-state index contributed by atoms with van der Waals surface area (Å²) < 4.78 is 0. The van der Waals surface area contributed by atoms with E-state index in [1.807, 2.05) is 0 Å². The first-order valence-electron chi connectivity index (χ1n) is 15.1. The lowest BCUT2D eigenvalue weighted by Gasteiger charge is -2.58. The van der Waals surface area contributed by atoms with Crippen LogP contribution >= 0.6 is 0 Å². The molecular formula is C36H46O. The fourth-order valence-electron chi connectivity index (χ4n) is 9.72. The number of allylic oxidation sites excluding steroid dienone is 2. The highest BCUT2D eigenvalue weighted by Gasteiger charge is 2.59. The molecular weight excluding hydrogens is 448 g/mol. The van der Waals surface area contributed by atoms with Gasteiger partial charge in [-0.2, -0.15) is 0 Å². The fourth-order valence-corrected chi connectivity index (χ4v) is 9.72. The standard InChI is InChI=1S/C36H46O/c1-25(14-16-30(26-10-6-4-7-11-26)27-12-8-5-9-13-27)32-18-19-33-31-17-15-28-24-29(37)20-22-35(28,2)34(31)21-23-36(32,33)3/h4-13,15-16,25,29,31-34,37H,14,17-24H2,1-3H3/t25-,29+,31+,32-,33+,34+,35+,36-/m1/s1. The normalized spacial score (nSPS) is 37.5. The maximum atomic E-state index is 10.3. The third-order valence-corrected chi connectivity index (χ3v) is 11.7. The van der Waals surface area contributed by atoms with E-state index < -0.39 is 0 Å². The molecule has 1 nitrogen and oxygen atoms in total. The summed E-state index contributed by atoms with van der Waals surface area (Å²) in [6, 6.07) is 21.9. The lowest BCUT2D eigenvalue weighted by molar-refractivity contribution is -0.0565. The van der Waals surface area contributed by atoms with E-state index in [1.54, 1.807) is 5.57 Å². The average Bonchev–Trinajstić information content (AvgIpc) is 3.28. The summed E-state index contributed by atoms with van der Waals surface area (Å²) in [6.45, 7) is 7.77. The summed E-state index contributed by atoms with van der Waals surface area (Å²) in [5, 5.41) is 10.3. The molecule has 4 aliphatic rings. The van der Waals surface area contributed by atoms with Gasteiger partial charge in [0.05, 0.1) is 6.10 Å². The summed E-state index contributed by atoms with van der Waals surface area (Å²) >= 11 is 0. The predicted octanol–water partition coefficient (Wildman–Crippen LogP) is 9.08. The Morgan fingerprint density at radius 3 is 2.24 bits per heavy atom. The van der Waals surface area contributed by atoms with Crippen LogP contribution < -0.4 is 0 Å². The largest absolute Gasteiger partial charge is 0.393 e. The minimum atomic E-state index is -0.105. The van der Waals surface area contributed by atoms with E-state index in [1.165, 1.54) is 55.2 Å². The van der Waals surface area contributed by atoms with Crippen molar-refractivity contribution in [2.45, 2.75) is 84.7 Å². The third-order valence-electron chi connectivity index (χ3n) is 11.7. The van der Waals surface area contributed by atoms with Crippen molar-refractivity contribution in [3.05, 3.63) is 89.5 Å². The number of rotatable bonds is 5. The molecule has 0 bridgehead atoms. The number of benzene rings is 2. The Morgan fingerprint density at radius 2 is 1.57 bits per heavy atom. The van der Waals surface area contributed by atoms with E-state index in [9.17, 15) is 5.11 Å². The van der Waals surface area contributed by atoms with Crippen LogP contribution in [0.3, 0.4) is 0 Å². The van der Waals surface area contributed by atoms with Gasteiger partial charge >= 0.3 is 0 Å². The number of aliphatic hydroxyl groups is 1. The van der Waals surface area contributed by atoms with Crippen molar-refractivity contribution in [2.75, 3.05) is 0 Å². The molecule has 0 radical (unpaired) electrons. The van der Waals surface area contributed by atoms with Gasteiger partial charge in [0.25, 0.3) is 0 Å². The van der Waals surface area contributed by atoms with Gasteiger partial charge in [-0.05, 0) is 115 Å². The second kappa shape index (κ2) is 9.88. The van der Waals surface area contributed by atoms with Crippen LogP contribution in [0.5, 0.6) is 0 Å². The molecule has 6 rings (SSSR count). The summed E-state index contributed by atoms with van der Waals surface area (Å²) in [4.78, 5) is 0. The minimum absolute atomic E-state index is 0.105. The van der Waals surface area contributed by atoms with E-state index in [4.69, 9.17) is 0 Å². The molecule has 0 unspecified atom stereocenters. The van der Waals surface area contributed by atoms with Crippen molar-refractivity contribution in [3.8, 4) is 0 Å². The molecule has 0 spiro atoms. The minimum Gasteiger partial charge on any atom is -0.393 e. The zero-order chi connectivity index (χ0) is 25.6. The summed E-state index contributed by atoms with van der Waals surface area (Å²) in [5.41, 5.74) is 6.45. The topological polar surface area (TPSA) is 20.2 Å². The number of aliphatic hydroxyl groups excluding tert-OH is 1. The lowest BCUT2D eigenvalue weighted by Crippen LogP contribution is -2.50. The van der Waals surface area contributed by atoms with E-state index in [2.05, 4.69) is 93.6 Å². The van der Waals surface area contributed by atoms with E-state index >= 15 is 0 Å². The molecule has 0 saturated heterocycles. The molecule has 196 valence electrons. The predicted molar refractivity (Wildman–Crippen MR) is 155 cm³/mol. The fraction of sp³-hybridized carbons (Fsp3) is 0.556. The molecule has 4 aliphatic carbocycles. The Hall–Kier alpha value is -2.12. The first kappa shape index (κ1) is 25.2. The van der Waals surface area contributed by atoms with E-state index in [-0.39, 0.29) is 6.10 Å². The first-order valence-corrected chi connectivity index (χ1v) is 15.1. The van der Waals surface area contributed by atoms with Crippen LogP contribution in [-0.2, 0) is 0 Å². The molecule has 1 N–H and O–H groups in total. The molecule has 0 aromatic heterocycles. The van der Waals surface area contributed by atoms with Crippen molar-refractivity contribution >= 4 is 5.57 Å². The van der Waals surface area contributed by atoms with Gasteiger partial charge < -0.3 is 5.11 Å². The molecule has 3 saturated carbocycles. The Balaban J connectivity index is 1.22. The number of hydrogen-bond donors (Lipinski definition) is 1. The van der Waals surface area contributed by atoms with Gasteiger partial charge in [-0.25, -0.2) is 0 Å². The van der Waals surface area contributed by atoms with Crippen molar-refractivity contribution in [1.29, 1.82) is 0 Å². The second-order valence-corrected chi connectivity index (χ2v) is 13.4. The Labute approximate surface area is 225 Å². The van der Waals surface area contributed by atoms with Crippen LogP contribution in [0, 0.1) is 40.4 Å². The smallest absolute Gasteiger partial charge is 0.0577 e. The maximum absolute atomic E-state index is 10.3. The molecule has 3 fully saturated rings. The van der Waals surface area contributed by atoms with Gasteiger partial charge in [0.1, 0.15) is 0 Å². The van der Waals surface area contributed by atoms with Crippen molar-refractivity contribution in [3.63, 3.8) is 0 Å². The zero-order valence-corrected chi connectivity index (χ0v) is 23.2. The molecule has 2 aromatic rings. The maximum Gasteiger partial charge on any atom is 0.0577 e. The highest BCUT2D eigenvalue weighted by atomic mass is 16.3. The van der Waals surface area contributed by atoms with Gasteiger partial charge in [0.15, 0.2) is 0 Å². The van der Waals surface area contributed by atoms with Crippen LogP contribution in [0.1, 0.15) is 89.7 Å². The van der Waals surface area contributed by atoms with Gasteiger partial charge in [-0.1, -0.05) is 99.2 Å². The molecule has 1 heteroatoms. The molecule has 0 amide bonds. The lowest BCUT2D eigenvalue weighted by atomic mass is 9.47. The molecule has 2 aromatic carbocycles. The number of fused-ring (bicyclic) bond motifs is 5. The highest BCUT2D eigenvalue weighted by Crippen LogP contribution is 2.67. The molecule has 37 heavy (non-hydrogen) atoms. The van der Waals surface area contributed by atoms with Crippen LogP contribution in [0.25, 0.3) is 5.57 Å². The number of hydrogen-bond acceptors (Lipinski definition) is 1. The van der Waals surface area contributed by atoms with Crippen LogP contribution in [-0.4, -0.2) is 11.2 Å². The molecule has 8 atom stereocenters. The van der Waals surface area contributed by atoms with Gasteiger partial charge in [0.2, 0.25) is 0 Å². The SMILES string of the molecule is C[C@H](CC=C(c1ccccc1)c1ccccc1)[C@H]1CC[C@H]2[C@@H]3CC=C4C[C@@H](O)CC[C@]4(C)[C@H]3CC[C@]12C. The quantitative estimate of drug-likeness (QED) is 0.411. The molecule has 0 heterocycles. The van der Waals surface area contributed by atoms with Gasteiger partial charge in [-0.15, -0.1) is 0 Å². The van der Waals surface area contributed by atoms with E-state index in [0.29, 0.717) is 16.7 Å². The first-order chi connectivity index (χ1) is 17.9. The zero-order valence-electron chi connectivity index (χ0n) is 23.2. The Bertz CT molecular complexity index is 1100. The summed E-state index contributed by atoms with van der Waals surface area (Å²) in [5.74, 6) is 4.05. The highest BCUT2D eigenvalue weighted by molar-refractivity contribution is 5.79. The van der Waals surface area contributed by atoms with Crippen molar-refractivity contribution in [2.24, 2.45) is 40.4 Å². The molecule has 0 aliphatic heterocycles. The summed E-state index contributed by atoms with van der Waals surface area (Å²) in [6.07, 6.45) is 16.2. The van der Waals surface area contributed by atoms with Gasteiger partial charge in [-0.3, -0.25) is 0 Å². The van der Waals surface area contributed by atoms with E-state index in [0.717, 1.165) is 42.9 Å².